The van der Waals surface area contributed by atoms with Gasteiger partial charge < -0.3 is 10.1 Å². The molecule has 2 N–H and O–H groups in total. The molecule has 0 bridgehead atoms. The molecule has 1 aliphatic carbocycles. The van der Waals surface area contributed by atoms with Crippen LogP contribution in [0.5, 0.6) is 0 Å². The summed E-state index contributed by atoms with van der Waals surface area (Å²) in [5.74, 6) is -1.80. The Morgan fingerprint density at radius 1 is 1.55 bits per heavy atom. The fraction of sp³-hybridized carbons (Fsp3) is 0.312. The minimum absolute atomic E-state index is 0.00966. The minimum Gasteiger partial charge on any atom is -0.481 e. The predicted octanol–water partition coefficient (Wildman–Crippen LogP) is 2.12. The highest BCUT2D eigenvalue weighted by atomic mass is 16.4. The van der Waals surface area contributed by atoms with E-state index in [1.54, 1.807) is 6.08 Å². The molecule has 102 valence electrons. The Hall–Kier alpha value is -2.07. The lowest BCUT2D eigenvalue weighted by Gasteiger charge is -2.38. The molecule has 1 aromatic carbocycles. The summed E-state index contributed by atoms with van der Waals surface area (Å²) >= 11 is 0. The van der Waals surface area contributed by atoms with Crippen molar-refractivity contribution in [1.82, 2.24) is 9.88 Å². The van der Waals surface area contributed by atoms with Crippen molar-refractivity contribution in [2.45, 2.75) is 12.5 Å². The zero-order valence-electron chi connectivity index (χ0n) is 13.8. The molecule has 0 radical (unpaired) electrons. The maximum atomic E-state index is 11.5. The van der Waals surface area contributed by atoms with Crippen molar-refractivity contribution in [2.24, 2.45) is 5.92 Å². The molecule has 4 heteroatoms. The smallest absolute Gasteiger partial charge is 0.311 e. The second-order valence-corrected chi connectivity index (χ2v) is 5.48. The molecule has 0 spiro atoms. The third-order valence-electron chi connectivity index (χ3n) is 4.34. The van der Waals surface area contributed by atoms with Crippen molar-refractivity contribution in [3.63, 3.8) is 0 Å². The van der Waals surface area contributed by atoms with Crippen LogP contribution in [-0.2, 0) is 11.2 Å². The Kier molecular flexibility index (Phi) is 1.78. The summed E-state index contributed by atoms with van der Waals surface area (Å²) in [4.78, 5) is 16.0. The number of hydrogen-bond donors (Lipinski definition) is 2. The molecule has 20 heavy (non-hydrogen) atoms. The van der Waals surface area contributed by atoms with Gasteiger partial charge in [0.1, 0.15) is 0 Å². The number of nitrogens with zero attached hydrogens (tertiary/aromatic N) is 1. The van der Waals surface area contributed by atoms with Crippen LogP contribution in [0.3, 0.4) is 0 Å². The lowest BCUT2D eigenvalue weighted by Crippen LogP contribution is -2.44. The number of aromatic nitrogens is 1. The van der Waals surface area contributed by atoms with Crippen molar-refractivity contribution >= 4 is 22.4 Å². The highest BCUT2D eigenvalue weighted by molar-refractivity contribution is 5.99. The maximum Gasteiger partial charge on any atom is 0.311 e. The number of carboxylic acid groups (broad SMARTS) is 1. The fourth-order valence-corrected chi connectivity index (χ4v) is 3.39. The first-order chi connectivity index (χ1) is 10.9. The highest BCUT2D eigenvalue weighted by Crippen LogP contribution is 2.40. The topological polar surface area (TPSA) is 56.3 Å². The van der Waals surface area contributed by atoms with Gasteiger partial charge in [-0.25, -0.2) is 0 Å². The quantitative estimate of drug-likeness (QED) is 0.835. The van der Waals surface area contributed by atoms with Crippen LogP contribution in [0.1, 0.15) is 15.2 Å². The number of carboxylic acids is 1. The van der Waals surface area contributed by atoms with Gasteiger partial charge in [0.25, 0.3) is 0 Å². The fourth-order valence-electron chi connectivity index (χ4n) is 3.39. The Morgan fingerprint density at radius 2 is 2.45 bits per heavy atom. The Morgan fingerprint density at radius 3 is 3.25 bits per heavy atom. The number of aromatic amines is 1. The molecule has 1 aliphatic heterocycles. The summed E-state index contributed by atoms with van der Waals surface area (Å²) < 4.78 is 23.4. The van der Waals surface area contributed by atoms with Gasteiger partial charge in [-0.05, 0) is 36.2 Å². The zero-order valence-corrected chi connectivity index (χ0v) is 10.8. The van der Waals surface area contributed by atoms with Gasteiger partial charge in [-0.15, -0.1) is 0 Å². The first-order valence-electron chi connectivity index (χ1n) is 8.17. The Bertz CT molecular complexity index is 837. The molecule has 2 atom stereocenters. The number of fused-ring (bicyclic) bond motifs is 2. The van der Waals surface area contributed by atoms with E-state index in [0.29, 0.717) is 6.42 Å². The molecule has 0 amide bonds. The van der Waals surface area contributed by atoms with Crippen molar-refractivity contribution in [2.75, 3.05) is 13.5 Å². The third kappa shape index (κ3) is 1.48. The average molecular weight is 271 g/mol. The van der Waals surface area contributed by atoms with E-state index < -0.39 is 18.9 Å². The largest absolute Gasteiger partial charge is 0.481 e. The molecule has 2 heterocycles. The molecule has 0 fully saturated rings. The summed E-state index contributed by atoms with van der Waals surface area (Å²) in [5, 5.41) is 10.5. The number of carbonyl (C=O) groups is 1. The number of benzene rings is 1. The predicted molar refractivity (Wildman–Crippen MR) is 77.5 cm³/mol. The van der Waals surface area contributed by atoms with Gasteiger partial charge in [0.05, 0.1) is 5.92 Å². The van der Waals surface area contributed by atoms with Crippen LogP contribution < -0.4 is 0 Å². The molecular formula is C16H16N2O2. The summed E-state index contributed by atoms with van der Waals surface area (Å²) in [7, 11) is 0. The van der Waals surface area contributed by atoms with E-state index in [9.17, 15) is 9.90 Å². The number of hydrogen-bond acceptors (Lipinski definition) is 2. The second kappa shape index (κ2) is 3.96. The SMILES string of the molecule is [2H]C([2H])([2H])N1C[C@H](C(=O)O)C=C2c3cccc4[nH]cc(c34)C[C@H]21. The number of rotatable bonds is 1. The van der Waals surface area contributed by atoms with E-state index in [2.05, 4.69) is 4.98 Å². The first-order valence-corrected chi connectivity index (χ1v) is 6.67. The maximum absolute atomic E-state index is 11.5. The van der Waals surface area contributed by atoms with Crippen molar-refractivity contribution in [3.8, 4) is 0 Å². The molecule has 4 nitrogen and oxygen atoms in total. The molecular weight excluding hydrogens is 252 g/mol. The molecule has 1 aromatic heterocycles. The van der Waals surface area contributed by atoms with Crippen LogP contribution in [0, 0.1) is 5.92 Å². The normalized spacial score (nSPS) is 28.2. The minimum atomic E-state index is -2.32. The van der Waals surface area contributed by atoms with Crippen LogP contribution in [0.2, 0.25) is 0 Å². The number of H-pyrrole nitrogens is 1. The number of nitrogens with one attached hydrogen (secondary N) is 1. The van der Waals surface area contributed by atoms with Crippen molar-refractivity contribution in [3.05, 3.63) is 41.6 Å². The summed E-state index contributed by atoms with van der Waals surface area (Å²) in [6.45, 7) is -2.31. The van der Waals surface area contributed by atoms with Crippen LogP contribution >= 0.6 is 0 Å². The van der Waals surface area contributed by atoms with Gasteiger partial charge in [-0.1, -0.05) is 18.2 Å². The van der Waals surface area contributed by atoms with Gasteiger partial charge >= 0.3 is 5.97 Å². The highest BCUT2D eigenvalue weighted by Gasteiger charge is 2.35. The zero-order chi connectivity index (χ0) is 16.4. The monoisotopic (exact) mass is 271 g/mol. The summed E-state index contributed by atoms with van der Waals surface area (Å²) in [5.41, 5.74) is 3.84. The molecule has 4 rings (SSSR count). The van der Waals surface area contributed by atoms with Crippen LogP contribution in [0.25, 0.3) is 16.5 Å². The van der Waals surface area contributed by atoms with Crippen LogP contribution in [-0.4, -0.2) is 40.5 Å². The average Bonchev–Trinajstić information content (AvgIpc) is 2.90. The van der Waals surface area contributed by atoms with E-state index >= 15 is 0 Å². The van der Waals surface area contributed by atoms with E-state index in [4.69, 9.17) is 4.11 Å². The van der Waals surface area contributed by atoms with E-state index in [1.165, 1.54) is 4.90 Å². The summed E-state index contributed by atoms with van der Waals surface area (Å²) in [6.07, 6.45) is 4.24. The lowest BCUT2D eigenvalue weighted by atomic mass is 9.80. The Labute approximate surface area is 120 Å². The number of aliphatic carboxylic acids is 1. The van der Waals surface area contributed by atoms with Crippen molar-refractivity contribution in [1.29, 1.82) is 0 Å². The standard InChI is InChI=1S/C16H16N2O2/c1-18-8-10(16(19)20)5-12-11-3-2-4-13-15(11)9(7-17-13)6-14(12)18/h2-5,7,10,14,17H,6,8H2,1H3,(H,19,20)/t10-,14-/m1/s1/i1D3. The van der Waals surface area contributed by atoms with E-state index in [1.807, 2.05) is 24.4 Å². The van der Waals surface area contributed by atoms with Gasteiger partial charge in [-0.2, -0.15) is 0 Å². The van der Waals surface area contributed by atoms with Gasteiger partial charge in [-0.3, -0.25) is 9.69 Å². The van der Waals surface area contributed by atoms with Crippen molar-refractivity contribution < 1.29 is 14.0 Å². The molecule has 2 aliphatic rings. The third-order valence-corrected chi connectivity index (χ3v) is 4.34. The van der Waals surface area contributed by atoms with Gasteiger partial charge in [0.2, 0.25) is 0 Å². The van der Waals surface area contributed by atoms with E-state index in [-0.39, 0.29) is 12.6 Å². The van der Waals surface area contributed by atoms with Gasteiger partial charge in [0, 0.05) is 33.8 Å². The molecule has 0 saturated heterocycles. The molecule has 2 aromatic rings. The van der Waals surface area contributed by atoms with Gasteiger partial charge in [0.15, 0.2) is 0 Å². The second-order valence-electron chi connectivity index (χ2n) is 5.48. The Balaban J connectivity index is 1.93. The summed E-state index contributed by atoms with van der Waals surface area (Å²) in [6, 6.07) is 5.51. The first kappa shape index (κ1) is 8.97. The molecule has 0 saturated carbocycles. The molecule has 0 unspecified atom stereocenters. The van der Waals surface area contributed by atoms with E-state index in [0.717, 1.165) is 27.6 Å². The number of likely N-dealkylation sites (N-methyl/N-ethyl adjacent to an activating group) is 1. The van der Waals surface area contributed by atoms with Crippen LogP contribution in [0.4, 0.5) is 0 Å². The lowest BCUT2D eigenvalue weighted by molar-refractivity contribution is -0.140. The van der Waals surface area contributed by atoms with Crippen LogP contribution in [0.15, 0.2) is 30.5 Å².